The van der Waals surface area contributed by atoms with E-state index in [9.17, 15) is 4.79 Å². The molecular formula is C12H14IN3O. The van der Waals surface area contributed by atoms with Crippen LogP contribution in [0.1, 0.15) is 17.0 Å². The van der Waals surface area contributed by atoms with Crippen LogP contribution in [0.5, 0.6) is 0 Å². The highest BCUT2D eigenvalue weighted by Gasteiger charge is 2.06. The number of hydrogen-bond donors (Lipinski definition) is 0. The molecule has 5 heteroatoms. The van der Waals surface area contributed by atoms with E-state index in [0.29, 0.717) is 6.54 Å². The minimum atomic E-state index is 0.0497. The molecule has 2 aromatic rings. The molecule has 4 nitrogen and oxygen atoms in total. The first-order valence-corrected chi connectivity index (χ1v) is 6.41. The molecule has 0 bridgehead atoms. The first-order chi connectivity index (χ1) is 7.97. The third-order valence-corrected chi connectivity index (χ3v) is 3.32. The van der Waals surface area contributed by atoms with Gasteiger partial charge in [0, 0.05) is 28.1 Å². The molecule has 0 aliphatic carbocycles. The van der Waals surface area contributed by atoms with E-state index < -0.39 is 0 Å². The summed E-state index contributed by atoms with van der Waals surface area (Å²) in [7, 11) is 1.90. The molecule has 90 valence electrons. The van der Waals surface area contributed by atoms with Crippen LogP contribution in [0.3, 0.4) is 0 Å². The molecule has 2 rings (SSSR count). The summed E-state index contributed by atoms with van der Waals surface area (Å²) in [5.74, 6) is 0. The van der Waals surface area contributed by atoms with E-state index in [1.165, 1.54) is 0 Å². The Morgan fingerprint density at radius 2 is 2.06 bits per heavy atom. The van der Waals surface area contributed by atoms with Crippen molar-refractivity contribution >= 4 is 22.6 Å². The molecule has 0 saturated carbocycles. The molecule has 0 atom stereocenters. The largest absolute Gasteiger partial charge is 0.308 e. The maximum Gasteiger partial charge on any atom is 0.253 e. The number of aromatic nitrogens is 3. The van der Waals surface area contributed by atoms with Gasteiger partial charge >= 0.3 is 0 Å². The molecule has 0 amide bonds. The first kappa shape index (κ1) is 12.3. The summed E-state index contributed by atoms with van der Waals surface area (Å²) in [5, 5.41) is 4.36. The van der Waals surface area contributed by atoms with Crippen molar-refractivity contribution in [2.45, 2.75) is 20.4 Å². The van der Waals surface area contributed by atoms with Gasteiger partial charge < -0.3 is 4.57 Å². The lowest BCUT2D eigenvalue weighted by atomic mass is 10.3. The third kappa shape index (κ3) is 2.59. The van der Waals surface area contributed by atoms with Crippen LogP contribution in [0.15, 0.2) is 23.1 Å². The molecular weight excluding hydrogens is 329 g/mol. The fraction of sp³-hybridized carbons (Fsp3) is 0.333. The van der Waals surface area contributed by atoms with Crippen molar-refractivity contribution < 1.29 is 0 Å². The van der Waals surface area contributed by atoms with E-state index in [1.54, 1.807) is 4.57 Å². The molecule has 17 heavy (non-hydrogen) atoms. The zero-order valence-corrected chi connectivity index (χ0v) is 12.2. The van der Waals surface area contributed by atoms with Gasteiger partial charge in [0.15, 0.2) is 0 Å². The van der Waals surface area contributed by atoms with Gasteiger partial charge in [-0.05, 0) is 48.6 Å². The number of pyridine rings is 1. The lowest BCUT2D eigenvalue weighted by Gasteiger charge is -2.05. The normalized spacial score (nSPS) is 10.8. The molecule has 0 aromatic carbocycles. The first-order valence-electron chi connectivity index (χ1n) is 5.33. The quantitative estimate of drug-likeness (QED) is 0.781. The van der Waals surface area contributed by atoms with E-state index in [-0.39, 0.29) is 5.56 Å². The van der Waals surface area contributed by atoms with Crippen LogP contribution in [-0.4, -0.2) is 14.3 Å². The zero-order chi connectivity index (χ0) is 12.6. The summed E-state index contributed by atoms with van der Waals surface area (Å²) in [4.78, 5) is 11.9. The maximum absolute atomic E-state index is 11.9. The minimum Gasteiger partial charge on any atom is -0.308 e. The van der Waals surface area contributed by atoms with Crippen molar-refractivity contribution in [1.82, 2.24) is 14.3 Å². The lowest BCUT2D eigenvalue weighted by Crippen LogP contribution is -2.22. The second-order valence-electron chi connectivity index (χ2n) is 4.18. The Balaban J connectivity index is 2.39. The van der Waals surface area contributed by atoms with Crippen molar-refractivity contribution in [1.29, 1.82) is 0 Å². The van der Waals surface area contributed by atoms with Crippen molar-refractivity contribution in [2.24, 2.45) is 7.05 Å². The summed E-state index contributed by atoms with van der Waals surface area (Å²) >= 11 is 2.22. The van der Waals surface area contributed by atoms with Crippen LogP contribution in [0, 0.1) is 17.4 Å². The topological polar surface area (TPSA) is 39.8 Å². The van der Waals surface area contributed by atoms with Crippen molar-refractivity contribution in [3.63, 3.8) is 0 Å². The third-order valence-electron chi connectivity index (χ3n) is 2.73. The molecule has 2 aromatic heterocycles. The predicted molar refractivity (Wildman–Crippen MR) is 75.2 cm³/mol. The molecule has 0 fully saturated rings. The number of nitrogens with zero attached hydrogens (tertiary/aromatic N) is 3. The number of aryl methyl sites for hydroxylation is 3. The second-order valence-corrected chi connectivity index (χ2v) is 5.42. The van der Waals surface area contributed by atoms with Crippen molar-refractivity contribution in [2.75, 3.05) is 0 Å². The van der Waals surface area contributed by atoms with Crippen LogP contribution >= 0.6 is 22.6 Å². The van der Waals surface area contributed by atoms with Gasteiger partial charge in [0.1, 0.15) is 0 Å². The molecule has 0 unspecified atom stereocenters. The van der Waals surface area contributed by atoms with Crippen LogP contribution in [0.25, 0.3) is 0 Å². The molecule has 0 aliphatic heterocycles. The Labute approximate surface area is 113 Å². The van der Waals surface area contributed by atoms with E-state index in [1.807, 2.05) is 43.9 Å². The van der Waals surface area contributed by atoms with Crippen LogP contribution in [0.2, 0.25) is 0 Å². The highest BCUT2D eigenvalue weighted by Crippen LogP contribution is 2.06. The molecule has 0 N–H and O–H groups in total. The predicted octanol–water partition coefficient (Wildman–Crippen LogP) is 1.85. The smallest absolute Gasteiger partial charge is 0.253 e. The number of halogens is 1. The van der Waals surface area contributed by atoms with Gasteiger partial charge in [-0.1, -0.05) is 0 Å². The SMILES string of the molecule is Cc1cc(I)cn(Cc2cc(C)n(C)n2)c1=O. The number of rotatable bonds is 2. The van der Waals surface area contributed by atoms with E-state index in [0.717, 1.165) is 20.5 Å². The molecule has 0 spiro atoms. The average Bonchev–Trinajstić information content (AvgIpc) is 2.54. The van der Waals surface area contributed by atoms with Crippen LogP contribution in [-0.2, 0) is 13.6 Å². The lowest BCUT2D eigenvalue weighted by molar-refractivity contribution is 0.679. The standard InChI is InChI=1S/C12H14IN3O/c1-8-4-10(13)6-16(12(8)17)7-11-5-9(2)15(3)14-11/h4-6H,7H2,1-3H3. The van der Waals surface area contributed by atoms with Gasteiger partial charge in [-0.25, -0.2) is 0 Å². The Kier molecular flexibility index (Phi) is 3.37. The zero-order valence-electron chi connectivity index (χ0n) is 10.1. The molecule has 0 saturated heterocycles. The molecule has 0 radical (unpaired) electrons. The van der Waals surface area contributed by atoms with E-state index in [4.69, 9.17) is 0 Å². The fourth-order valence-electron chi connectivity index (χ4n) is 1.74. The summed E-state index contributed by atoms with van der Waals surface area (Å²) < 4.78 is 4.59. The van der Waals surface area contributed by atoms with Gasteiger partial charge in [-0.3, -0.25) is 9.48 Å². The Hall–Kier alpha value is -1.11. The van der Waals surface area contributed by atoms with Crippen molar-refractivity contribution in [3.8, 4) is 0 Å². The summed E-state index contributed by atoms with van der Waals surface area (Å²) in [6, 6.07) is 3.89. The average molecular weight is 343 g/mol. The maximum atomic E-state index is 11.9. The van der Waals surface area contributed by atoms with Gasteiger partial charge in [0.05, 0.1) is 12.2 Å². The summed E-state index contributed by atoms with van der Waals surface area (Å²) in [5.41, 5.74) is 2.82. The Morgan fingerprint density at radius 3 is 2.65 bits per heavy atom. The minimum absolute atomic E-state index is 0.0497. The van der Waals surface area contributed by atoms with Crippen molar-refractivity contribution in [3.05, 3.63) is 49.2 Å². The summed E-state index contributed by atoms with van der Waals surface area (Å²) in [6.07, 6.45) is 1.86. The van der Waals surface area contributed by atoms with Crippen LogP contribution in [0.4, 0.5) is 0 Å². The van der Waals surface area contributed by atoms with E-state index >= 15 is 0 Å². The van der Waals surface area contributed by atoms with E-state index in [2.05, 4.69) is 27.7 Å². The fourth-order valence-corrected chi connectivity index (χ4v) is 2.55. The molecule has 0 aliphatic rings. The van der Waals surface area contributed by atoms with Crippen LogP contribution < -0.4 is 5.56 Å². The highest BCUT2D eigenvalue weighted by atomic mass is 127. The summed E-state index contributed by atoms with van der Waals surface area (Å²) in [6.45, 7) is 4.36. The highest BCUT2D eigenvalue weighted by molar-refractivity contribution is 14.1. The van der Waals surface area contributed by atoms with Gasteiger partial charge in [-0.15, -0.1) is 0 Å². The van der Waals surface area contributed by atoms with Gasteiger partial charge in [-0.2, -0.15) is 5.10 Å². The van der Waals surface area contributed by atoms with Gasteiger partial charge in [0.25, 0.3) is 5.56 Å². The van der Waals surface area contributed by atoms with Gasteiger partial charge in [0.2, 0.25) is 0 Å². The Morgan fingerprint density at radius 1 is 1.35 bits per heavy atom. The molecule has 2 heterocycles. The second kappa shape index (κ2) is 4.64. The number of hydrogen-bond acceptors (Lipinski definition) is 2. The Bertz CT molecular complexity index is 593. The monoisotopic (exact) mass is 343 g/mol.